The van der Waals surface area contributed by atoms with Crippen molar-refractivity contribution in [3.05, 3.63) is 67.6 Å². The predicted molar refractivity (Wildman–Crippen MR) is 149 cm³/mol. The van der Waals surface area contributed by atoms with E-state index in [0.29, 0.717) is 30.4 Å². The lowest BCUT2D eigenvalue weighted by molar-refractivity contribution is -0.149. The Morgan fingerprint density at radius 2 is 1.51 bits per heavy atom. The number of Topliss-reactive ketones (excluding diaryl/α,β-unsaturated/α-hetero) is 2. The third-order valence-corrected chi connectivity index (χ3v) is 6.97. The maximum Gasteiger partial charge on any atom is 0.320 e. The zero-order valence-corrected chi connectivity index (χ0v) is 25.3. The van der Waals surface area contributed by atoms with Crippen LogP contribution in [0.15, 0.2) is 45.3 Å². The average molecular weight is 722 g/mol. The number of hydrogen-bond donors (Lipinski definition) is 0. The molecule has 0 saturated heterocycles. The van der Waals surface area contributed by atoms with Crippen LogP contribution in [0.5, 0.6) is 0 Å². The zero-order chi connectivity index (χ0) is 26.3. The van der Waals surface area contributed by atoms with Gasteiger partial charge < -0.3 is 9.47 Å². The predicted octanol–water partition coefficient (Wildman–Crippen LogP) is 6.18. The molecule has 2 atom stereocenters. The first-order chi connectivity index (χ1) is 16.6. The van der Waals surface area contributed by atoms with E-state index in [2.05, 4.69) is 66.1 Å². The van der Waals surface area contributed by atoms with Crippen molar-refractivity contribution in [1.82, 2.24) is 0 Å². The van der Waals surface area contributed by atoms with Crippen molar-refractivity contribution < 1.29 is 28.7 Å². The van der Waals surface area contributed by atoms with Crippen LogP contribution in [0.25, 0.3) is 0 Å². The highest BCUT2D eigenvalue weighted by atomic mass is 127. The summed E-state index contributed by atoms with van der Waals surface area (Å²) >= 11 is 8.92. The Morgan fingerprint density at radius 1 is 0.971 bits per heavy atom. The number of carbonyl (C=O) groups excluding carboxylic acids is 4. The standard InChI is InChI=1S/C13H13BrO3.C11H9BrO3.C2H5I/c1-3-13(12(16)17-2)7-8-4-5-9(14)6-10(8)11(13)15;1-15-11(14)9-4-6-2-3-7(12)5-8(6)10(9)13;1-2-3/h4-6H,3,7H2,1-2H3;2-3,5,9H,4H2,1H3;2H2,1H3. The van der Waals surface area contributed by atoms with Crippen LogP contribution in [0.2, 0.25) is 0 Å². The summed E-state index contributed by atoms with van der Waals surface area (Å²) in [6.07, 6.45) is 1.36. The molecule has 2 unspecified atom stereocenters. The number of benzene rings is 2. The Bertz CT molecular complexity index is 1130. The average Bonchev–Trinajstić information content (AvgIpc) is 3.33. The van der Waals surface area contributed by atoms with Gasteiger partial charge in [-0.3, -0.25) is 19.2 Å². The highest BCUT2D eigenvalue weighted by Gasteiger charge is 2.51. The van der Waals surface area contributed by atoms with Crippen LogP contribution < -0.4 is 0 Å². The van der Waals surface area contributed by atoms with Crippen molar-refractivity contribution in [2.24, 2.45) is 11.3 Å². The number of ketones is 2. The summed E-state index contributed by atoms with van der Waals surface area (Å²) in [5, 5.41) is 0. The lowest BCUT2D eigenvalue weighted by Crippen LogP contribution is -2.37. The van der Waals surface area contributed by atoms with E-state index in [1.165, 1.54) is 18.6 Å². The number of ether oxygens (including phenoxy) is 2. The molecule has 9 heteroatoms. The Labute approximate surface area is 235 Å². The monoisotopic (exact) mass is 720 g/mol. The largest absolute Gasteiger partial charge is 0.468 e. The van der Waals surface area contributed by atoms with Gasteiger partial charge in [0.15, 0.2) is 11.6 Å². The number of rotatable bonds is 3. The quantitative estimate of drug-likeness (QED) is 0.163. The van der Waals surface area contributed by atoms with Gasteiger partial charge in [-0.15, -0.1) is 0 Å². The molecule has 0 saturated carbocycles. The number of carbonyl (C=O) groups is 4. The van der Waals surface area contributed by atoms with Crippen LogP contribution in [-0.4, -0.2) is 42.2 Å². The van der Waals surface area contributed by atoms with Crippen LogP contribution in [0, 0.1) is 11.3 Å². The smallest absolute Gasteiger partial charge is 0.320 e. The Balaban J connectivity index is 0.000000223. The van der Waals surface area contributed by atoms with Gasteiger partial charge in [0.25, 0.3) is 0 Å². The topological polar surface area (TPSA) is 86.7 Å². The first-order valence-electron chi connectivity index (χ1n) is 11.0. The molecule has 2 aromatic rings. The van der Waals surface area contributed by atoms with E-state index in [9.17, 15) is 19.2 Å². The van der Waals surface area contributed by atoms with Crippen molar-refractivity contribution in [1.29, 1.82) is 0 Å². The van der Waals surface area contributed by atoms with Crippen molar-refractivity contribution in [3.63, 3.8) is 0 Å². The summed E-state index contributed by atoms with van der Waals surface area (Å²) < 4.78 is 12.3. The fourth-order valence-electron chi connectivity index (χ4n) is 4.16. The summed E-state index contributed by atoms with van der Waals surface area (Å²) in [7, 11) is 2.63. The van der Waals surface area contributed by atoms with E-state index >= 15 is 0 Å². The minimum absolute atomic E-state index is 0.122. The van der Waals surface area contributed by atoms with Crippen molar-refractivity contribution in [3.8, 4) is 0 Å². The molecule has 2 aliphatic rings. The van der Waals surface area contributed by atoms with Gasteiger partial charge in [0.2, 0.25) is 0 Å². The summed E-state index contributed by atoms with van der Waals surface area (Å²) in [6, 6.07) is 11.0. The third-order valence-electron chi connectivity index (χ3n) is 5.99. The summed E-state index contributed by atoms with van der Waals surface area (Å²) in [4.78, 5) is 47.4. The van der Waals surface area contributed by atoms with Gasteiger partial charge in [-0.05, 0) is 59.1 Å². The van der Waals surface area contributed by atoms with Crippen LogP contribution in [0.3, 0.4) is 0 Å². The van der Waals surface area contributed by atoms with Gasteiger partial charge in [0.1, 0.15) is 11.3 Å². The van der Waals surface area contributed by atoms with Gasteiger partial charge in [-0.1, -0.05) is 80.4 Å². The Kier molecular flexibility index (Phi) is 11.1. The molecule has 0 spiro atoms. The number of esters is 2. The molecule has 4 rings (SSSR count). The molecule has 0 aromatic heterocycles. The molecule has 0 bridgehead atoms. The second-order valence-electron chi connectivity index (χ2n) is 7.95. The van der Waals surface area contributed by atoms with E-state index in [0.717, 1.165) is 20.1 Å². The van der Waals surface area contributed by atoms with Gasteiger partial charge in [-0.2, -0.15) is 0 Å². The Morgan fingerprint density at radius 3 is 2.03 bits per heavy atom. The van der Waals surface area contributed by atoms with Gasteiger partial charge >= 0.3 is 11.9 Å². The highest BCUT2D eigenvalue weighted by molar-refractivity contribution is 14.1. The molecule has 2 aliphatic carbocycles. The number of methoxy groups -OCH3 is 2. The second-order valence-corrected chi connectivity index (χ2v) is 11.3. The molecule has 2 aromatic carbocycles. The summed E-state index contributed by atoms with van der Waals surface area (Å²) in [5.74, 6) is -1.80. The first kappa shape index (κ1) is 29.6. The number of halogens is 3. The van der Waals surface area contributed by atoms with Crippen LogP contribution in [-0.2, 0) is 31.9 Å². The second kappa shape index (κ2) is 13.1. The van der Waals surface area contributed by atoms with Gasteiger partial charge in [0.05, 0.1) is 14.2 Å². The molecule has 0 N–H and O–H groups in total. The van der Waals surface area contributed by atoms with Crippen molar-refractivity contribution in [2.45, 2.75) is 33.1 Å². The summed E-state index contributed by atoms with van der Waals surface area (Å²) in [6.45, 7) is 3.95. The lowest BCUT2D eigenvalue weighted by Gasteiger charge is -2.21. The molecule has 0 radical (unpaired) electrons. The zero-order valence-electron chi connectivity index (χ0n) is 20.0. The van der Waals surface area contributed by atoms with E-state index in [4.69, 9.17) is 4.74 Å². The van der Waals surface area contributed by atoms with E-state index in [-0.39, 0.29) is 11.6 Å². The molecule has 35 heavy (non-hydrogen) atoms. The number of fused-ring (bicyclic) bond motifs is 2. The van der Waals surface area contributed by atoms with Crippen molar-refractivity contribution in [2.75, 3.05) is 18.6 Å². The van der Waals surface area contributed by atoms with E-state index in [1.807, 2.05) is 31.2 Å². The SMILES string of the molecule is CCC1(C(=O)OC)Cc2ccc(Br)cc2C1=O.CCI.COC(=O)C1Cc2ccc(Br)cc2C1=O. The summed E-state index contributed by atoms with van der Waals surface area (Å²) in [5.41, 5.74) is 2.08. The molecule has 188 valence electrons. The number of alkyl halides is 1. The highest BCUT2D eigenvalue weighted by Crippen LogP contribution is 2.41. The minimum atomic E-state index is -1.02. The maximum absolute atomic E-state index is 12.4. The molecule has 0 amide bonds. The normalized spacial score (nSPS) is 19.5. The van der Waals surface area contributed by atoms with E-state index in [1.54, 1.807) is 12.1 Å². The molecule has 0 fully saturated rings. The van der Waals surface area contributed by atoms with Gasteiger partial charge in [-0.25, -0.2) is 0 Å². The Hall–Kier alpha value is -1.59. The third kappa shape index (κ3) is 6.40. The van der Waals surface area contributed by atoms with Crippen LogP contribution in [0.4, 0.5) is 0 Å². The lowest BCUT2D eigenvalue weighted by atomic mass is 9.81. The molecule has 0 heterocycles. The number of hydrogen-bond acceptors (Lipinski definition) is 6. The maximum atomic E-state index is 12.4. The van der Waals surface area contributed by atoms with Gasteiger partial charge in [0, 0.05) is 20.1 Å². The molecule has 6 nitrogen and oxygen atoms in total. The van der Waals surface area contributed by atoms with Crippen molar-refractivity contribution >= 4 is 78.0 Å². The van der Waals surface area contributed by atoms with Crippen LogP contribution in [0.1, 0.15) is 52.1 Å². The van der Waals surface area contributed by atoms with E-state index < -0.39 is 23.3 Å². The fraction of sp³-hybridized carbons (Fsp3) is 0.385. The minimum Gasteiger partial charge on any atom is -0.468 e. The fourth-order valence-corrected chi connectivity index (χ4v) is 4.88. The first-order valence-corrected chi connectivity index (χ1v) is 14.1. The molecular formula is C26H27Br2IO6. The molecular weight excluding hydrogens is 695 g/mol. The van der Waals surface area contributed by atoms with Crippen LogP contribution >= 0.6 is 54.5 Å². The molecule has 0 aliphatic heterocycles.